The van der Waals surface area contributed by atoms with Gasteiger partial charge in [0.15, 0.2) is 5.43 Å². The minimum atomic E-state index is -1.02. The number of rotatable bonds is 6. The number of fused-ring (bicyclic) bond motifs is 2. The Morgan fingerprint density at radius 3 is 2.67 bits per heavy atom. The van der Waals surface area contributed by atoms with Gasteiger partial charge in [-0.1, -0.05) is 11.6 Å². The van der Waals surface area contributed by atoms with Crippen molar-refractivity contribution in [2.24, 2.45) is 0 Å². The Morgan fingerprint density at radius 1 is 1.33 bits per heavy atom. The number of nitrogens with zero attached hydrogens (tertiary/aromatic N) is 3. The number of pyridine rings is 2. The summed E-state index contributed by atoms with van der Waals surface area (Å²) in [7, 11) is 3.66. The molecule has 1 N–H and O–H groups in total. The Morgan fingerprint density at radius 2 is 2.03 bits per heavy atom. The maximum atomic E-state index is 13.2. The molecule has 9 heteroatoms. The minimum Gasteiger partial charge on any atom is -0.480 e. The first kappa shape index (κ1) is 21.0. The lowest BCUT2D eigenvalue weighted by molar-refractivity contribution is -0.137. The molecule has 0 saturated heterocycles. The smallest absolute Gasteiger partial charge is 0.323 e. The molecule has 0 aliphatic heterocycles. The Hall–Kier alpha value is -2.29. The monoisotopic (exact) mass is 447 g/mol. The Labute approximate surface area is 182 Å². The van der Waals surface area contributed by atoms with Gasteiger partial charge in [-0.2, -0.15) is 0 Å². The zero-order chi connectivity index (χ0) is 21.6. The highest BCUT2D eigenvalue weighted by atomic mass is 35.5. The molecule has 1 aliphatic rings. The van der Waals surface area contributed by atoms with Gasteiger partial charge in [-0.05, 0) is 43.4 Å². The first-order chi connectivity index (χ1) is 14.3. The molecule has 1 saturated carbocycles. The number of anilines is 1. The molecule has 0 spiro atoms. The Balaban J connectivity index is 1.97. The summed E-state index contributed by atoms with van der Waals surface area (Å²) in [5.41, 5.74) is 0.670. The lowest BCUT2D eigenvalue weighted by Gasteiger charge is -2.40. The number of hydrogen-bond donors (Lipinski definition) is 1. The van der Waals surface area contributed by atoms with Crippen LogP contribution in [0.3, 0.4) is 0 Å². The molecular weight excluding hydrogens is 426 g/mol. The molecule has 7 nitrogen and oxygen atoms in total. The topological polar surface area (TPSA) is 84.7 Å². The molecule has 0 radical (unpaired) electrons. The number of ether oxygens (including phenoxy) is 1. The summed E-state index contributed by atoms with van der Waals surface area (Å²) < 4.78 is 6.95. The molecule has 1 aromatic carbocycles. The number of hydrogen-bond acceptors (Lipinski definition) is 6. The highest BCUT2D eigenvalue weighted by Gasteiger charge is 2.33. The lowest BCUT2D eigenvalue weighted by atomic mass is 9.88. The van der Waals surface area contributed by atoms with E-state index in [4.69, 9.17) is 21.3 Å². The number of carbonyl (C=O) groups is 1. The van der Waals surface area contributed by atoms with Crippen molar-refractivity contribution < 1.29 is 14.6 Å². The van der Waals surface area contributed by atoms with Crippen LogP contribution in [-0.4, -0.2) is 53.2 Å². The standard InChI is InChI=1S/C21H22ClN3O4S/c1-24(11-8-12(9-11)29-2)16-7-5-14-19(28)13-4-6-15(22)20(30-3)18(13)25(10-17(26)27)21(14)23-16/h4-7,11-12H,8-10H2,1-3H3,(H,26,27)/t11-,12+. The van der Waals surface area contributed by atoms with Crippen LogP contribution in [0, 0.1) is 0 Å². The number of methoxy groups -OCH3 is 1. The second-order valence-corrected chi connectivity index (χ2v) is 8.64. The molecule has 2 aromatic heterocycles. The molecular formula is C21H22ClN3O4S. The number of benzene rings is 1. The fourth-order valence-corrected chi connectivity index (χ4v) is 5.04. The van der Waals surface area contributed by atoms with Crippen molar-refractivity contribution in [1.29, 1.82) is 0 Å². The van der Waals surface area contributed by atoms with Crippen molar-refractivity contribution in [3.8, 4) is 0 Å². The summed E-state index contributed by atoms with van der Waals surface area (Å²) in [6.07, 6.45) is 3.90. The third kappa shape index (κ3) is 3.42. The van der Waals surface area contributed by atoms with Gasteiger partial charge in [0, 0.05) is 25.6 Å². The van der Waals surface area contributed by atoms with E-state index in [0.29, 0.717) is 37.7 Å². The van der Waals surface area contributed by atoms with Crippen molar-refractivity contribution in [2.75, 3.05) is 25.3 Å². The first-order valence-corrected chi connectivity index (χ1v) is 11.1. The van der Waals surface area contributed by atoms with Gasteiger partial charge < -0.3 is 19.3 Å². The predicted octanol–water partition coefficient (Wildman–Crippen LogP) is 3.62. The van der Waals surface area contributed by atoms with E-state index in [9.17, 15) is 14.7 Å². The van der Waals surface area contributed by atoms with Gasteiger partial charge in [0.2, 0.25) is 0 Å². The number of carboxylic acids is 1. The molecule has 0 unspecified atom stereocenters. The number of carboxylic acid groups (broad SMARTS) is 1. The van der Waals surface area contributed by atoms with E-state index in [0.717, 1.165) is 12.8 Å². The van der Waals surface area contributed by atoms with E-state index in [-0.39, 0.29) is 24.1 Å². The van der Waals surface area contributed by atoms with Crippen LogP contribution in [0.15, 0.2) is 34.0 Å². The minimum absolute atomic E-state index is 0.182. The van der Waals surface area contributed by atoms with Crippen LogP contribution >= 0.6 is 23.4 Å². The van der Waals surface area contributed by atoms with Gasteiger partial charge in [-0.3, -0.25) is 9.59 Å². The largest absolute Gasteiger partial charge is 0.480 e. The predicted molar refractivity (Wildman–Crippen MR) is 120 cm³/mol. The van der Waals surface area contributed by atoms with Gasteiger partial charge in [-0.15, -0.1) is 11.8 Å². The molecule has 1 fully saturated rings. The second kappa shape index (κ2) is 8.09. The van der Waals surface area contributed by atoms with E-state index in [1.165, 1.54) is 11.8 Å². The van der Waals surface area contributed by atoms with Crippen molar-refractivity contribution in [3.63, 3.8) is 0 Å². The fourth-order valence-electron chi connectivity index (χ4n) is 3.98. The highest BCUT2D eigenvalue weighted by molar-refractivity contribution is 7.99. The summed E-state index contributed by atoms with van der Waals surface area (Å²) in [4.78, 5) is 32.3. The second-order valence-electron chi connectivity index (χ2n) is 7.42. The first-order valence-electron chi connectivity index (χ1n) is 9.52. The maximum absolute atomic E-state index is 13.2. The fraction of sp³-hybridized carbons (Fsp3) is 0.381. The van der Waals surface area contributed by atoms with Gasteiger partial charge >= 0.3 is 5.97 Å². The van der Waals surface area contributed by atoms with E-state index in [1.54, 1.807) is 29.9 Å². The van der Waals surface area contributed by atoms with Crippen LogP contribution < -0.4 is 10.3 Å². The van der Waals surface area contributed by atoms with Gasteiger partial charge in [0.05, 0.1) is 26.9 Å². The number of aromatic nitrogens is 2. The molecule has 4 rings (SSSR count). The SMILES string of the molecule is CO[C@H]1C[C@@H](N(C)c2ccc3c(=O)c4ccc(Cl)c(SC)c4n(CC(=O)O)c3n2)C1. The van der Waals surface area contributed by atoms with E-state index in [1.807, 2.05) is 19.4 Å². The van der Waals surface area contributed by atoms with Crippen molar-refractivity contribution in [1.82, 2.24) is 9.55 Å². The molecule has 0 amide bonds. The van der Waals surface area contributed by atoms with Crippen molar-refractivity contribution in [2.45, 2.75) is 36.4 Å². The quantitative estimate of drug-likeness (QED) is 0.456. The molecule has 0 atom stereocenters. The van der Waals surface area contributed by atoms with Crippen LogP contribution in [0.1, 0.15) is 12.8 Å². The van der Waals surface area contributed by atoms with Gasteiger partial charge in [0.1, 0.15) is 18.0 Å². The van der Waals surface area contributed by atoms with Crippen LogP contribution in [0.4, 0.5) is 5.82 Å². The lowest BCUT2D eigenvalue weighted by Crippen LogP contribution is -2.46. The summed E-state index contributed by atoms with van der Waals surface area (Å²) in [5.74, 6) is -0.330. The maximum Gasteiger partial charge on any atom is 0.323 e. The zero-order valence-electron chi connectivity index (χ0n) is 16.9. The van der Waals surface area contributed by atoms with Crippen LogP contribution in [0.5, 0.6) is 0 Å². The Kier molecular flexibility index (Phi) is 5.65. The molecule has 158 valence electrons. The number of aliphatic carboxylic acids is 1. The molecule has 0 bridgehead atoms. The van der Waals surface area contributed by atoms with Gasteiger partial charge in [0.25, 0.3) is 0 Å². The summed E-state index contributed by atoms with van der Waals surface area (Å²) >= 11 is 7.75. The van der Waals surface area contributed by atoms with E-state index >= 15 is 0 Å². The van der Waals surface area contributed by atoms with Crippen LogP contribution in [0.2, 0.25) is 5.02 Å². The summed E-state index contributed by atoms with van der Waals surface area (Å²) in [6.45, 7) is -0.323. The molecule has 3 aromatic rings. The molecule has 30 heavy (non-hydrogen) atoms. The molecule has 1 aliphatic carbocycles. The third-order valence-corrected chi connectivity index (χ3v) is 7.02. The summed E-state index contributed by atoms with van der Waals surface area (Å²) in [5, 5.41) is 10.9. The van der Waals surface area contributed by atoms with Crippen molar-refractivity contribution in [3.05, 3.63) is 39.5 Å². The molecule has 2 heterocycles. The normalized spacial score (nSPS) is 18.5. The third-order valence-electron chi connectivity index (χ3n) is 5.77. The van der Waals surface area contributed by atoms with Crippen LogP contribution in [-0.2, 0) is 16.1 Å². The average molecular weight is 448 g/mol. The number of thioether (sulfide) groups is 1. The average Bonchev–Trinajstić information content (AvgIpc) is 2.69. The number of halogens is 1. The van der Waals surface area contributed by atoms with E-state index in [2.05, 4.69) is 4.90 Å². The summed E-state index contributed by atoms with van der Waals surface area (Å²) in [6, 6.07) is 7.15. The van der Waals surface area contributed by atoms with E-state index < -0.39 is 5.97 Å². The van der Waals surface area contributed by atoms with Crippen LogP contribution in [0.25, 0.3) is 21.9 Å². The van der Waals surface area contributed by atoms with Gasteiger partial charge in [-0.25, -0.2) is 4.98 Å². The van der Waals surface area contributed by atoms with Crippen molar-refractivity contribution >= 4 is 57.1 Å². The zero-order valence-corrected chi connectivity index (χ0v) is 18.5. The Bertz CT molecular complexity index is 1210. The highest BCUT2D eigenvalue weighted by Crippen LogP contribution is 2.35.